The molecule has 0 spiro atoms. The molecule has 1 aromatic rings. The van der Waals surface area contributed by atoms with Crippen molar-refractivity contribution < 1.29 is 4.74 Å². The van der Waals surface area contributed by atoms with Crippen molar-refractivity contribution in [3.63, 3.8) is 0 Å². The molecule has 16 heavy (non-hydrogen) atoms. The summed E-state index contributed by atoms with van der Waals surface area (Å²) in [6, 6.07) is 5.76. The summed E-state index contributed by atoms with van der Waals surface area (Å²) >= 11 is 8.45. The second-order valence-electron chi connectivity index (χ2n) is 4.03. The largest absolute Gasteiger partial charge is 0.490 e. The molecule has 4 heteroatoms. The maximum absolute atomic E-state index is 5.95. The number of ether oxygens (including phenoxy) is 1. The molecule has 0 aromatic heterocycles. The van der Waals surface area contributed by atoms with Crippen LogP contribution in [-0.4, -0.2) is 11.1 Å². The van der Waals surface area contributed by atoms with Gasteiger partial charge in [-0.05, 0) is 43.9 Å². The number of hydrogen-bond donors (Lipinski definition) is 1. The SMILES string of the molecule is NC(=S)c1ccc(Br)cc1OC1CCCC1. The molecule has 2 N–H and O–H groups in total. The lowest BCUT2D eigenvalue weighted by atomic mass is 10.2. The highest BCUT2D eigenvalue weighted by molar-refractivity contribution is 9.10. The van der Waals surface area contributed by atoms with Crippen LogP contribution in [0.2, 0.25) is 0 Å². The molecule has 1 aliphatic carbocycles. The van der Waals surface area contributed by atoms with Crippen molar-refractivity contribution >= 4 is 33.1 Å². The molecule has 1 fully saturated rings. The van der Waals surface area contributed by atoms with Crippen LogP contribution in [0.15, 0.2) is 22.7 Å². The van der Waals surface area contributed by atoms with Crippen molar-refractivity contribution in [1.82, 2.24) is 0 Å². The molecule has 0 unspecified atom stereocenters. The molecule has 0 heterocycles. The highest BCUT2D eigenvalue weighted by Crippen LogP contribution is 2.29. The van der Waals surface area contributed by atoms with Gasteiger partial charge in [-0.1, -0.05) is 28.1 Å². The first-order chi connectivity index (χ1) is 7.66. The highest BCUT2D eigenvalue weighted by atomic mass is 79.9. The fourth-order valence-corrected chi connectivity index (χ4v) is 2.49. The maximum atomic E-state index is 5.95. The zero-order valence-corrected chi connectivity index (χ0v) is 11.3. The van der Waals surface area contributed by atoms with E-state index in [1.807, 2.05) is 18.2 Å². The van der Waals surface area contributed by atoms with E-state index in [4.69, 9.17) is 22.7 Å². The molecule has 2 rings (SSSR count). The minimum Gasteiger partial charge on any atom is -0.490 e. The molecule has 0 aliphatic heterocycles. The fourth-order valence-electron chi connectivity index (χ4n) is 1.98. The first-order valence-corrected chi connectivity index (χ1v) is 6.63. The molecule has 1 aliphatic rings. The van der Waals surface area contributed by atoms with Crippen LogP contribution in [0.1, 0.15) is 31.2 Å². The van der Waals surface area contributed by atoms with Gasteiger partial charge in [0, 0.05) is 4.47 Å². The van der Waals surface area contributed by atoms with Gasteiger partial charge in [0.05, 0.1) is 11.7 Å². The van der Waals surface area contributed by atoms with Gasteiger partial charge in [0.25, 0.3) is 0 Å². The third-order valence-corrected chi connectivity index (χ3v) is 3.52. The molecule has 0 radical (unpaired) electrons. The lowest BCUT2D eigenvalue weighted by Crippen LogP contribution is -2.16. The van der Waals surface area contributed by atoms with E-state index in [1.54, 1.807) is 0 Å². The van der Waals surface area contributed by atoms with Gasteiger partial charge in [0.15, 0.2) is 0 Å². The van der Waals surface area contributed by atoms with Crippen LogP contribution < -0.4 is 10.5 Å². The van der Waals surface area contributed by atoms with Crippen LogP contribution in [0.3, 0.4) is 0 Å². The lowest BCUT2D eigenvalue weighted by Gasteiger charge is -2.16. The summed E-state index contributed by atoms with van der Waals surface area (Å²) in [5.74, 6) is 0.800. The van der Waals surface area contributed by atoms with E-state index in [-0.39, 0.29) is 0 Å². The predicted octanol–water partition coefficient (Wildman–Crippen LogP) is 3.40. The molecular weight excluding hydrogens is 286 g/mol. The zero-order valence-electron chi connectivity index (χ0n) is 8.91. The van der Waals surface area contributed by atoms with Crippen LogP contribution in [0.25, 0.3) is 0 Å². The number of benzene rings is 1. The second kappa shape index (κ2) is 5.15. The van der Waals surface area contributed by atoms with Crippen molar-refractivity contribution in [2.75, 3.05) is 0 Å². The smallest absolute Gasteiger partial charge is 0.131 e. The minimum absolute atomic E-state index is 0.322. The Bertz CT molecular complexity index is 402. The van der Waals surface area contributed by atoms with E-state index in [0.29, 0.717) is 11.1 Å². The van der Waals surface area contributed by atoms with Gasteiger partial charge in [-0.25, -0.2) is 0 Å². The Morgan fingerprint density at radius 3 is 2.69 bits per heavy atom. The Labute approximate surface area is 109 Å². The summed E-state index contributed by atoms with van der Waals surface area (Å²) in [5, 5.41) is 0. The van der Waals surface area contributed by atoms with Crippen LogP contribution in [0.5, 0.6) is 5.75 Å². The van der Waals surface area contributed by atoms with Crippen molar-refractivity contribution in [3.8, 4) is 5.75 Å². The highest BCUT2D eigenvalue weighted by Gasteiger charge is 2.18. The molecule has 0 atom stereocenters. The van der Waals surface area contributed by atoms with E-state index in [9.17, 15) is 0 Å². The average molecular weight is 300 g/mol. The number of nitrogens with two attached hydrogens (primary N) is 1. The molecule has 0 amide bonds. The second-order valence-corrected chi connectivity index (χ2v) is 5.38. The van der Waals surface area contributed by atoms with Gasteiger partial charge < -0.3 is 10.5 Å². The van der Waals surface area contributed by atoms with E-state index in [1.165, 1.54) is 12.8 Å². The molecule has 1 aromatic carbocycles. The third-order valence-electron chi connectivity index (χ3n) is 2.80. The lowest BCUT2D eigenvalue weighted by molar-refractivity contribution is 0.209. The Hall–Kier alpha value is -0.610. The minimum atomic E-state index is 0.322. The molecular formula is C12H14BrNOS. The maximum Gasteiger partial charge on any atom is 0.131 e. The first-order valence-electron chi connectivity index (χ1n) is 5.43. The average Bonchev–Trinajstić information content (AvgIpc) is 2.70. The van der Waals surface area contributed by atoms with Gasteiger partial charge in [-0.2, -0.15) is 0 Å². The topological polar surface area (TPSA) is 35.2 Å². The number of hydrogen-bond acceptors (Lipinski definition) is 2. The predicted molar refractivity (Wildman–Crippen MR) is 72.9 cm³/mol. The quantitative estimate of drug-likeness (QED) is 0.869. The van der Waals surface area contributed by atoms with Gasteiger partial charge >= 0.3 is 0 Å². The molecule has 86 valence electrons. The molecule has 0 bridgehead atoms. The standard InChI is InChI=1S/C12H14BrNOS/c13-8-5-6-10(12(14)16)11(7-8)15-9-3-1-2-4-9/h5-7,9H,1-4H2,(H2,14,16). The summed E-state index contributed by atoms with van der Waals surface area (Å²) in [7, 11) is 0. The Kier molecular flexibility index (Phi) is 3.82. The molecule has 1 saturated carbocycles. The van der Waals surface area contributed by atoms with Crippen LogP contribution in [-0.2, 0) is 0 Å². The van der Waals surface area contributed by atoms with Crippen molar-refractivity contribution in [3.05, 3.63) is 28.2 Å². The summed E-state index contributed by atoms with van der Waals surface area (Å²) in [5.41, 5.74) is 6.50. The fraction of sp³-hybridized carbons (Fsp3) is 0.417. The van der Waals surface area contributed by atoms with Gasteiger partial charge in [0.2, 0.25) is 0 Å². The van der Waals surface area contributed by atoms with Crippen molar-refractivity contribution in [2.24, 2.45) is 5.73 Å². The van der Waals surface area contributed by atoms with E-state index in [2.05, 4.69) is 15.9 Å². The Balaban J connectivity index is 2.22. The normalized spacial score (nSPS) is 16.3. The van der Waals surface area contributed by atoms with Gasteiger partial charge in [0.1, 0.15) is 10.7 Å². The Morgan fingerprint density at radius 2 is 2.06 bits per heavy atom. The van der Waals surface area contributed by atoms with Crippen LogP contribution >= 0.6 is 28.1 Å². The van der Waals surface area contributed by atoms with E-state index in [0.717, 1.165) is 28.6 Å². The van der Waals surface area contributed by atoms with Crippen LogP contribution in [0, 0.1) is 0 Å². The number of halogens is 1. The van der Waals surface area contributed by atoms with E-state index < -0.39 is 0 Å². The summed E-state index contributed by atoms with van der Waals surface area (Å²) in [4.78, 5) is 0.389. The first kappa shape index (κ1) is 11.9. The summed E-state index contributed by atoms with van der Waals surface area (Å²) in [6.45, 7) is 0. The Morgan fingerprint density at radius 1 is 1.38 bits per heavy atom. The van der Waals surface area contributed by atoms with E-state index >= 15 is 0 Å². The zero-order chi connectivity index (χ0) is 11.5. The van der Waals surface area contributed by atoms with Crippen molar-refractivity contribution in [2.45, 2.75) is 31.8 Å². The monoisotopic (exact) mass is 299 g/mol. The third kappa shape index (κ3) is 2.74. The van der Waals surface area contributed by atoms with Crippen molar-refractivity contribution in [1.29, 1.82) is 0 Å². The van der Waals surface area contributed by atoms with Gasteiger partial charge in [-0.3, -0.25) is 0 Å². The molecule has 0 saturated heterocycles. The number of rotatable bonds is 3. The summed E-state index contributed by atoms with van der Waals surface area (Å²) in [6.07, 6.45) is 5.08. The number of thiocarbonyl (C=S) groups is 1. The molecule has 2 nitrogen and oxygen atoms in total. The summed E-state index contributed by atoms with van der Waals surface area (Å²) < 4.78 is 6.94. The van der Waals surface area contributed by atoms with Crippen LogP contribution in [0.4, 0.5) is 0 Å². The van der Waals surface area contributed by atoms with Gasteiger partial charge in [-0.15, -0.1) is 0 Å².